The molecule has 1 rings (SSSR count). The second-order valence-corrected chi connectivity index (χ2v) is 3.94. The van der Waals surface area contributed by atoms with Crippen LogP contribution in [0.15, 0.2) is 5.16 Å². The molecule has 0 radical (unpaired) electrons. The Labute approximate surface area is 85.5 Å². The summed E-state index contributed by atoms with van der Waals surface area (Å²) in [6.07, 6.45) is 10.7. The standard InChI is InChI=1S/C11H19NO2/c1-10(13)14-12-9-11-7-5-3-2-4-6-8-11/h9,11H,2-8H2,1H3. The van der Waals surface area contributed by atoms with Gasteiger partial charge in [-0.3, -0.25) is 0 Å². The van der Waals surface area contributed by atoms with Crippen LogP contribution in [0.1, 0.15) is 51.9 Å². The van der Waals surface area contributed by atoms with Gasteiger partial charge in [-0.1, -0.05) is 37.3 Å². The fourth-order valence-corrected chi connectivity index (χ4v) is 1.83. The van der Waals surface area contributed by atoms with Crippen LogP contribution < -0.4 is 0 Å². The summed E-state index contributed by atoms with van der Waals surface area (Å²) in [6, 6.07) is 0. The maximum absolute atomic E-state index is 10.5. The maximum Gasteiger partial charge on any atom is 0.331 e. The van der Waals surface area contributed by atoms with Crippen LogP contribution in [0, 0.1) is 5.92 Å². The second kappa shape index (κ2) is 6.57. The minimum atomic E-state index is -0.341. The summed E-state index contributed by atoms with van der Waals surface area (Å²) < 4.78 is 0. The molecular weight excluding hydrogens is 178 g/mol. The van der Waals surface area contributed by atoms with Gasteiger partial charge in [0.1, 0.15) is 0 Å². The molecular formula is C11H19NO2. The number of hydrogen-bond acceptors (Lipinski definition) is 3. The molecule has 0 bridgehead atoms. The summed E-state index contributed by atoms with van der Waals surface area (Å²) in [5.41, 5.74) is 0. The van der Waals surface area contributed by atoms with Gasteiger partial charge >= 0.3 is 5.97 Å². The molecule has 0 aliphatic heterocycles. The predicted molar refractivity (Wildman–Crippen MR) is 56.1 cm³/mol. The predicted octanol–water partition coefficient (Wildman–Crippen LogP) is 2.90. The quantitative estimate of drug-likeness (QED) is 0.388. The zero-order valence-electron chi connectivity index (χ0n) is 8.87. The SMILES string of the molecule is CC(=O)ON=CC1CCCCCCC1. The summed E-state index contributed by atoms with van der Waals surface area (Å²) in [5, 5.41) is 3.69. The minimum absolute atomic E-state index is 0.341. The number of oxime groups is 1. The molecule has 0 unspecified atom stereocenters. The molecule has 3 heteroatoms. The van der Waals surface area contributed by atoms with E-state index >= 15 is 0 Å². The normalized spacial score (nSPS) is 20.4. The van der Waals surface area contributed by atoms with E-state index in [0.29, 0.717) is 5.92 Å². The highest BCUT2D eigenvalue weighted by molar-refractivity contribution is 5.67. The molecule has 0 aromatic rings. The Morgan fingerprint density at radius 1 is 1.21 bits per heavy atom. The number of carbonyl (C=O) groups is 1. The molecule has 0 amide bonds. The average molecular weight is 197 g/mol. The fourth-order valence-electron chi connectivity index (χ4n) is 1.83. The first-order valence-electron chi connectivity index (χ1n) is 5.50. The molecule has 0 N–H and O–H groups in total. The van der Waals surface area contributed by atoms with Gasteiger partial charge in [0.2, 0.25) is 0 Å². The Morgan fingerprint density at radius 3 is 2.36 bits per heavy atom. The zero-order chi connectivity index (χ0) is 10.2. The van der Waals surface area contributed by atoms with Crippen molar-refractivity contribution in [1.29, 1.82) is 0 Å². The van der Waals surface area contributed by atoms with Crippen LogP contribution >= 0.6 is 0 Å². The van der Waals surface area contributed by atoms with Crippen LogP contribution in [0.25, 0.3) is 0 Å². The van der Waals surface area contributed by atoms with Crippen molar-refractivity contribution in [2.75, 3.05) is 0 Å². The van der Waals surface area contributed by atoms with E-state index in [1.54, 1.807) is 6.21 Å². The molecule has 1 fully saturated rings. The van der Waals surface area contributed by atoms with Crippen LogP contribution in [0.4, 0.5) is 0 Å². The van der Waals surface area contributed by atoms with E-state index in [2.05, 4.69) is 9.99 Å². The molecule has 0 spiro atoms. The lowest BCUT2D eigenvalue weighted by atomic mass is 9.92. The van der Waals surface area contributed by atoms with Gasteiger partial charge in [0.05, 0.1) is 0 Å². The van der Waals surface area contributed by atoms with Crippen molar-refractivity contribution in [3.63, 3.8) is 0 Å². The molecule has 80 valence electrons. The molecule has 0 aromatic heterocycles. The largest absolute Gasteiger partial charge is 0.331 e. The molecule has 0 saturated heterocycles. The molecule has 14 heavy (non-hydrogen) atoms. The van der Waals surface area contributed by atoms with Crippen LogP contribution in [0.3, 0.4) is 0 Å². The zero-order valence-corrected chi connectivity index (χ0v) is 8.87. The highest BCUT2D eigenvalue weighted by atomic mass is 16.7. The Kier molecular flexibility index (Phi) is 5.27. The smallest absolute Gasteiger partial charge is 0.319 e. The molecule has 1 aliphatic rings. The van der Waals surface area contributed by atoms with Crippen molar-refractivity contribution < 1.29 is 9.63 Å². The van der Waals surface area contributed by atoms with E-state index in [1.165, 1.54) is 51.9 Å². The third-order valence-corrected chi connectivity index (χ3v) is 2.60. The first-order valence-corrected chi connectivity index (χ1v) is 5.50. The number of hydrogen-bond donors (Lipinski definition) is 0. The number of nitrogens with zero attached hydrogens (tertiary/aromatic N) is 1. The summed E-state index contributed by atoms with van der Waals surface area (Å²) in [7, 11) is 0. The van der Waals surface area contributed by atoms with E-state index in [4.69, 9.17) is 0 Å². The maximum atomic E-state index is 10.5. The summed E-state index contributed by atoms with van der Waals surface area (Å²) in [6.45, 7) is 1.37. The second-order valence-electron chi connectivity index (χ2n) is 3.94. The van der Waals surface area contributed by atoms with Gasteiger partial charge in [0.15, 0.2) is 0 Å². The highest BCUT2D eigenvalue weighted by Gasteiger charge is 2.08. The van der Waals surface area contributed by atoms with E-state index in [-0.39, 0.29) is 5.97 Å². The molecule has 1 saturated carbocycles. The fraction of sp³-hybridized carbons (Fsp3) is 0.818. The Bertz CT molecular complexity index is 193. The first kappa shape index (κ1) is 11.2. The molecule has 0 atom stereocenters. The molecule has 1 aliphatic carbocycles. The summed E-state index contributed by atoms with van der Waals surface area (Å²) in [5.74, 6) is 0.168. The van der Waals surface area contributed by atoms with Gasteiger partial charge < -0.3 is 4.84 Å². The van der Waals surface area contributed by atoms with Crippen molar-refractivity contribution in [2.24, 2.45) is 11.1 Å². The van der Waals surface area contributed by atoms with Gasteiger partial charge in [0, 0.05) is 13.1 Å². The minimum Gasteiger partial charge on any atom is -0.319 e. The van der Waals surface area contributed by atoms with Crippen molar-refractivity contribution in [2.45, 2.75) is 51.9 Å². The Morgan fingerprint density at radius 2 is 1.79 bits per heavy atom. The molecule has 0 aromatic carbocycles. The topological polar surface area (TPSA) is 38.7 Å². The third-order valence-electron chi connectivity index (χ3n) is 2.60. The Balaban J connectivity index is 2.26. The van der Waals surface area contributed by atoms with Gasteiger partial charge in [-0.2, -0.15) is 0 Å². The van der Waals surface area contributed by atoms with Crippen LogP contribution in [0.5, 0.6) is 0 Å². The number of carbonyl (C=O) groups excluding carboxylic acids is 1. The van der Waals surface area contributed by atoms with Crippen molar-refractivity contribution >= 4 is 12.2 Å². The van der Waals surface area contributed by atoms with Crippen LogP contribution in [-0.2, 0) is 9.63 Å². The van der Waals surface area contributed by atoms with Crippen molar-refractivity contribution in [3.05, 3.63) is 0 Å². The average Bonchev–Trinajstić information content (AvgIpc) is 2.07. The first-order chi connectivity index (χ1) is 6.79. The van der Waals surface area contributed by atoms with E-state index < -0.39 is 0 Å². The van der Waals surface area contributed by atoms with Gasteiger partial charge in [-0.05, 0) is 18.8 Å². The van der Waals surface area contributed by atoms with E-state index in [9.17, 15) is 4.79 Å². The van der Waals surface area contributed by atoms with Crippen molar-refractivity contribution in [3.8, 4) is 0 Å². The lowest BCUT2D eigenvalue weighted by molar-refractivity contribution is -0.140. The van der Waals surface area contributed by atoms with Crippen LogP contribution in [0.2, 0.25) is 0 Å². The molecule has 0 heterocycles. The Hall–Kier alpha value is -0.860. The number of rotatable bonds is 2. The van der Waals surface area contributed by atoms with Gasteiger partial charge in [0.25, 0.3) is 0 Å². The summed E-state index contributed by atoms with van der Waals surface area (Å²) in [4.78, 5) is 15.0. The van der Waals surface area contributed by atoms with E-state index in [0.717, 1.165) is 0 Å². The van der Waals surface area contributed by atoms with Crippen molar-refractivity contribution in [1.82, 2.24) is 0 Å². The van der Waals surface area contributed by atoms with E-state index in [1.807, 2.05) is 0 Å². The van der Waals surface area contributed by atoms with Gasteiger partial charge in [-0.25, -0.2) is 4.79 Å². The van der Waals surface area contributed by atoms with Gasteiger partial charge in [-0.15, -0.1) is 0 Å². The van der Waals surface area contributed by atoms with Crippen LogP contribution in [-0.4, -0.2) is 12.2 Å². The lowest BCUT2D eigenvalue weighted by Gasteiger charge is -2.14. The lowest BCUT2D eigenvalue weighted by Crippen LogP contribution is -2.05. The third kappa shape index (κ3) is 5.00. The highest BCUT2D eigenvalue weighted by Crippen LogP contribution is 2.20. The monoisotopic (exact) mass is 197 g/mol. The molecule has 3 nitrogen and oxygen atoms in total. The summed E-state index contributed by atoms with van der Waals surface area (Å²) >= 11 is 0.